The minimum atomic E-state index is -0.685. The maximum absolute atomic E-state index is 12.2. The number of hydrogen-bond donors (Lipinski definition) is 3. The Kier molecular flexibility index (Phi) is 4.52. The molecule has 2 saturated heterocycles. The summed E-state index contributed by atoms with van der Waals surface area (Å²) in [6.45, 7) is 3.67. The molecule has 2 fully saturated rings. The molecule has 1 unspecified atom stereocenters. The molecule has 2 aliphatic rings. The maximum Gasteiger partial charge on any atom is 0.270 e. The Balaban J connectivity index is 1.61. The molecule has 2 aliphatic heterocycles. The Morgan fingerprint density at radius 3 is 2.70 bits per heavy atom. The number of hydrogen-bond acceptors (Lipinski definition) is 6. The average molecular weight is 317 g/mol. The molecular formula is C15H19N5O3. The van der Waals surface area contributed by atoms with Gasteiger partial charge in [0.1, 0.15) is 11.7 Å². The van der Waals surface area contributed by atoms with E-state index >= 15 is 0 Å². The molecule has 1 atom stereocenters. The lowest BCUT2D eigenvalue weighted by atomic mass is 10.1. The van der Waals surface area contributed by atoms with Gasteiger partial charge in [-0.25, -0.2) is 4.98 Å². The first-order valence-electron chi connectivity index (χ1n) is 7.70. The highest BCUT2D eigenvalue weighted by Gasteiger charge is 2.28. The quantitative estimate of drug-likeness (QED) is 0.620. The summed E-state index contributed by atoms with van der Waals surface area (Å²) < 4.78 is 0. The first kappa shape index (κ1) is 15.4. The fourth-order valence-corrected chi connectivity index (χ4v) is 2.69. The number of aromatic nitrogens is 1. The van der Waals surface area contributed by atoms with E-state index in [1.54, 1.807) is 12.3 Å². The van der Waals surface area contributed by atoms with E-state index in [0.717, 1.165) is 31.9 Å². The van der Waals surface area contributed by atoms with E-state index in [9.17, 15) is 14.4 Å². The van der Waals surface area contributed by atoms with E-state index in [2.05, 4.69) is 25.8 Å². The molecule has 0 radical (unpaired) electrons. The van der Waals surface area contributed by atoms with E-state index in [0.29, 0.717) is 6.42 Å². The second-order valence-electron chi connectivity index (χ2n) is 5.62. The Morgan fingerprint density at radius 2 is 2.04 bits per heavy atom. The van der Waals surface area contributed by atoms with Crippen molar-refractivity contribution in [3.63, 3.8) is 0 Å². The summed E-state index contributed by atoms with van der Waals surface area (Å²) in [6.07, 6.45) is 2.21. The van der Waals surface area contributed by atoms with Crippen LogP contribution in [0.3, 0.4) is 0 Å². The number of rotatable bonds is 3. The van der Waals surface area contributed by atoms with Crippen LogP contribution in [0.4, 0.5) is 5.69 Å². The predicted molar refractivity (Wildman–Crippen MR) is 83.0 cm³/mol. The second kappa shape index (κ2) is 6.74. The van der Waals surface area contributed by atoms with Crippen molar-refractivity contribution in [2.75, 3.05) is 31.1 Å². The first-order valence-corrected chi connectivity index (χ1v) is 7.70. The Labute approximate surface area is 133 Å². The highest BCUT2D eigenvalue weighted by Crippen LogP contribution is 2.14. The minimum absolute atomic E-state index is 0.228. The van der Waals surface area contributed by atoms with Crippen molar-refractivity contribution in [3.8, 4) is 0 Å². The summed E-state index contributed by atoms with van der Waals surface area (Å²) in [5, 5.41) is 8.11. The zero-order chi connectivity index (χ0) is 16.2. The van der Waals surface area contributed by atoms with Crippen molar-refractivity contribution in [2.24, 2.45) is 0 Å². The SMILES string of the molecule is O=C1CCC(NC(=O)c2ccc(N3CCNCC3)cn2)C(=O)N1. The van der Waals surface area contributed by atoms with Gasteiger partial charge in [-0.3, -0.25) is 19.7 Å². The van der Waals surface area contributed by atoms with Gasteiger partial charge in [0.25, 0.3) is 5.91 Å². The Hall–Kier alpha value is -2.48. The number of carbonyl (C=O) groups excluding carboxylic acids is 3. The molecule has 122 valence electrons. The standard InChI is InChI=1S/C15H19N5O3/c21-13-4-3-12(15(23)19-13)18-14(22)11-2-1-10(9-17-11)20-7-5-16-6-8-20/h1-2,9,12,16H,3-8H2,(H,18,22)(H,19,21,23). The molecule has 3 heterocycles. The molecule has 3 N–H and O–H groups in total. The van der Waals surface area contributed by atoms with Gasteiger partial charge >= 0.3 is 0 Å². The molecule has 8 heteroatoms. The molecule has 0 saturated carbocycles. The van der Waals surface area contributed by atoms with Gasteiger partial charge in [-0.2, -0.15) is 0 Å². The summed E-state index contributed by atoms with van der Waals surface area (Å²) in [7, 11) is 0. The molecule has 3 amide bonds. The fraction of sp³-hybridized carbons (Fsp3) is 0.467. The molecule has 1 aromatic rings. The fourth-order valence-electron chi connectivity index (χ4n) is 2.69. The zero-order valence-corrected chi connectivity index (χ0v) is 12.7. The number of nitrogens with one attached hydrogen (secondary N) is 3. The number of carbonyl (C=O) groups is 3. The van der Waals surface area contributed by atoms with Gasteiger partial charge in [0.2, 0.25) is 11.8 Å². The molecule has 1 aromatic heterocycles. The lowest BCUT2D eigenvalue weighted by Gasteiger charge is -2.29. The Bertz CT molecular complexity index is 610. The second-order valence-corrected chi connectivity index (χ2v) is 5.62. The van der Waals surface area contributed by atoms with Crippen LogP contribution in [-0.2, 0) is 9.59 Å². The maximum atomic E-state index is 12.2. The van der Waals surface area contributed by atoms with E-state index in [1.807, 2.05) is 6.07 Å². The highest BCUT2D eigenvalue weighted by atomic mass is 16.2. The van der Waals surface area contributed by atoms with Crippen LogP contribution in [0.15, 0.2) is 18.3 Å². The van der Waals surface area contributed by atoms with Crippen LogP contribution in [0, 0.1) is 0 Å². The zero-order valence-electron chi connectivity index (χ0n) is 12.7. The summed E-state index contributed by atoms with van der Waals surface area (Å²) >= 11 is 0. The lowest BCUT2D eigenvalue weighted by Crippen LogP contribution is -2.52. The number of piperazine rings is 1. The van der Waals surface area contributed by atoms with Gasteiger partial charge in [0, 0.05) is 32.6 Å². The number of piperidine rings is 1. The van der Waals surface area contributed by atoms with Crippen LogP contribution in [-0.4, -0.2) is 54.9 Å². The van der Waals surface area contributed by atoms with Gasteiger partial charge in [0.15, 0.2) is 0 Å². The van der Waals surface area contributed by atoms with Crippen molar-refractivity contribution in [2.45, 2.75) is 18.9 Å². The molecule has 0 bridgehead atoms. The van der Waals surface area contributed by atoms with Gasteiger partial charge in [-0.1, -0.05) is 0 Å². The highest BCUT2D eigenvalue weighted by molar-refractivity contribution is 6.03. The third-order valence-corrected chi connectivity index (χ3v) is 4.01. The summed E-state index contributed by atoms with van der Waals surface area (Å²) in [5.41, 5.74) is 1.23. The van der Waals surface area contributed by atoms with Crippen LogP contribution in [0.2, 0.25) is 0 Å². The van der Waals surface area contributed by atoms with Crippen LogP contribution >= 0.6 is 0 Å². The van der Waals surface area contributed by atoms with E-state index in [-0.39, 0.29) is 18.0 Å². The number of imide groups is 1. The normalized spacial score (nSPS) is 21.7. The van der Waals surface area contributed by atoms with Gasteiger partial charge in [-0.05, 0) is 18.6 Å². The smallest absolute Gasteiger partial charge is 0.270 e. The molecule has 8 nitrogen and oxygen atoms in total. The third kappa shape index (κ3) is 3.65. The van der Waals surface area contributed by atoms with E-state index in [1.165, 1.54) is 0 Å². The van der Waals surface area contributed by atoms with E-state index in [4.69, 9.17) is 0 Å². The van der Waals surface area contributed by atoms with Gasteiger partial charge in [0.05, 0.1) is 11.9 Å². The summed E-state index contributed by atoms with van der Waals surface area (Å²) in [5.74, 6) is -1.18. The van der Waals surface area contributed by atoms with Crippen LogP contribution in [0.25, 0.3) is 0 Å². The summed E-state index contributed by atoms with van der Waals surface area (Å²) in [4.78, 5) is 41.3. The third-order valence-electron chi connectivity index (χ3n) is 4.01. The van der Waals surface area contributed by atoms with Crippen LogP contribution < -0.4 is 20.9 Å². The predicted octanol–water partition coefficient (Wildman–Crippen LogP) is -0.974. The summed E-state index contributed by atoms with van der Waals surface area (Å²) in [6, 6.07) is 2.82. The van der Waals surface area contributed by atoms with Crippen LogP contribution in [0.5, 0.6) is 0 Å². The number of amides is 3. The average Bonchev–Trinajstić information content (AvgIpc) is 2.58. The minimum Gasteiger partial charge on any atom is -0.368 e. The van der Waals surface area contributed by atoms with Crippen LogP contribution in [0.1, 0.15) is 23.3 Å². The van der Waals surface area contributed by atoms with Crippen molar-refractivity contribution < 1.29 is 14.4 Å². The molecule has 0 aromatic carbocycles. The van der Waals surface area contributed by atoms with E-state index < -0.39 is 17.9 Å². The van der Waals surface area contributed by atoms with Crippen molar-refractivity contribution in [1.29, 1.82) is 0 Å². The largest absolute Gasteiger partial charge is 0.368 e. The first-order chi connectivity index (χ1) is 11.1. The monoisotopic (exact) mass is 317 g/mol. The van der Waals surface area contributed by atoms with Gasteiger partial charge in [-0.15, -0.1) is 0 Å². The molecule has 3 rings (SSSR count). The molecule has 0 spiro atoms. The number of nitrogens with zero attached hydrogens (tertiary/aromatic N) is 2. The van der Waals surface area contributed by atoms with Crippen molar-refractivity contribution in [3.05, 3.63) is 24.0 Å². The Morgan fingerprint density at radius 1 is 1.26 bits per heavy atom. The van der Waals surface area contributed by atoms with Crippen molar-refractivity contribution in [1.82, 2.24) is 20.9 Å². The number of anilines is 1. The molecule has 0 aliphatic carbocycles. The topological polar surface area (TPSA) is 103 Å². The molecule has 23 heavy (non-hydrogen) atoms. The van der Waals surface area contributed by atoms with Gasteiger partial charge < -0.3 is 15.5 Å². The molecular weight excluding hydrogens is 298 g/mol. The lowest BCUT2D eigenvalue weighted by molar-refractivity contribution is -0.134. The number of pyridine rings is 1. The van der Waals surface area contributed by atoms with Crippen molar-refractivity contribution >= 4 is 23.4 Å².